The van der Waals surface area contributed by atoms with Crippen LogP contribution in [0.3, 0.4) is 0 Å². The summed E-state index contributed by atoms with van der Waals surface area (Å²) in [5.41, 5.74) is 4.29. The molecule has 1 aliphatic rings. The number of hydrogen-bond acceptors (Lipinski definition) is 5. The van der Waals surface area contributed by atoms with Crippen LogP contribution in [0.25, 0.3) is 0 Å². The van der Waals surface area contributed by atoms with Gasteiger partial charge in [0, 0.05) is 13.2 Å². The summed E-state index contributed by atoms with van der Waals surface area (Å²) in [5, 5.41) is 7.71. The van der Waals surface area contributed by atoms with Crippen molar-refractivity contribution in [1.29, 1.82) is 0 Å². The minimum Gasteiger partial charge on any atom is -0.376 e. The molecule has 7 nitrogen and oxygen atoms in total. The number of nitrogens with one attached hydrogen (secondary N) is 3. The summed E-state index contributed by atoms with van der Waals surface area (Å²) < 4.78 is 31.2. The van der Waals surface area contributed by atoms with Crippen molar-refractivity contribution in [2.75, 3.05) is 20.2 Å². The molecule has 0 spiro atoms. The topological polar surface area (TPSA) is 91.8 Å². The van der Waals surface area contributed by atoms with Crippen molar-refractivity contribution in [1.82, 2.24) is 15.5 Å². The van der Waals surface area contributed by atoms with Gasteiger partial charge in [-0.15, -0.1) is 0 Å². The van der Waals surface area contributed by atoms with Crippen molar-refractivity contribution in [3.05, 3.63) is 29.8 Å². The quantitative estimate of drug-likeness (QED) is 0.392. The zero-order chi connectivity index (χ0) is 17.6. The number of thiocarbonyl (C=S) groups is 1. The van der Waals surface area contributed by atoms with Gasteiger partial charge >= 0.3 is 0 Å². The van der Waals surface area contributed by atoms with Gasteiger partial charge in [-0.25, -0.2) is 13.1 Å². The fraction of sp³-hybridized carbons (Fsp3) is 0.467. The molecule has 1 aliphatic heterocycles. The number of benzene rings is 1. The molecule has 0 bridgehead atoms. The number of ether oxygens (including phenoxy) is 1. The highest BCUT2D eigenvalue weighted by atomic mass is 32.2. The molecule has 0 radical (unpaired) electrons. The second-order valence-electron chi connectivity index (χ2n) is 5.39. The molecule has 132 valence electrons. The van der Waals surface area contributed by atoms with E-state index in [-0.39, 0.29) is 11.0 Å². The normalized spacial score (nSPS) is 18.4. The smallest absolute Gasteiger partial charge is 0.240 e. The SMILES string of the molecule is CNS(=O)(=O)c1ccc(/C(C)=N\NC(=S)NC[C@H]2CCCO2)cc1. The van der Waals surface area contributed by atoms with E-state index in [2.05, 4.69) is 20.6 Å². The first-order valence-corrected chi connectivity index (χ1v) is 9.55. The van der Waals surface area contributed by atoms with E-state index in [1.54, 1.807) is 12.1 Å². The molecule has 3 N–H and O–H groups in total. The number of rotatable bonds is 6. The van der Waals surface area contributed by atoms with E-state index in [1.165, 1.54) is 19.2 Å². The lowest BCUT2D eigenvalue weighted by molar-refractivity contribution is 0.114. The number of nitrogens with zero attached hydrogens (tertiary/aromatic N) is 1. The van der Waals surface area contributed by atoms with E-state index in [0.717, 1.165) is 25.0 Å². The standard InChI is InChI=1S/C15H22N4O3S2/c1-11(12-5-7-14(8-6-12)24(20,21)16-2)18-19-15(23)17-10-13-4-3-9-22-13/h5-8,13,16H,3-4,9-10H2,1-2H3,(H2,17,19,23)/b18-11-/t13-/m1/s1. The van der Waals surface area contributed by atoms with Crippen LogP contribution in [0.2, 0.25) is 0 Å². The number of hydrazone groups is 1. The summed E-state index contributed by atoms with van der Waals surface area (Å²) in [5.74, 6) is 0. The summed E-state index contributed by atoms with van der Waals surface area (Å²) in [7, 11) is -2.05. The average Bonchev–Trinajstić information content (AvgIpc) is 3.11. The molecule has 1 heterocycles. The fourth-order valence-electron chi connectivity index (χ4n) is 2.24. The molecule has 0 amide bonds. The highest BCUT2D eigenvalue weighted by Gasteiger charge is 2.15. The minimum absolute atomic E-state index is 0.205. The van der Waals surface area contributed by atoms with Crippen LogP contribution in [-0.4, -0.2) is 45.5 Å². The largest absolute Gasteiger partial charge is 0.376 e. The molecule has 1 aromatic carbocycles. The third-order valence-electron chi connectivity index (χ3n) is 3.69. The third kappa shape index (κ3) is 5.23. The first-order chi connectivity index (χ1) is 11.4. The first-order valence-electron chi connectivity index (χ1n) is 7.66. The Hall–Kier alpha value is -1.55. The van der Waals surface area contributed by atoms with Crippen LogP contribution in [0.4, 0.5) is 0 Å². The van der Waals surface area contributed by atoms with Crippen LogP contribution in [0, 0.1) is 0 Å². The van der Waals surface area contributed by atoms with Crippen molar-refractivity contribution >= 4 is 33.1 Å². The first kappa shape index (κ1) is 18.8. The van der Waals surface area contributed by atoms with E-state index in [4.69, 9.17) is 17.0 Å². The lowest BCUT2D eigenvalue weighted by atomic mass is 10.1. The highest BCUT2D eigenvalue weighted by molar-refractivity contribution is 7.89. The molecule has 9 heteroatoms. The molecule has 1 atom stereocenters. The predicted molar refractivity (Wildman–Crippen MR) is 97.6 cm³/mol. The van der Waals surface area contributed by atoms with Crippen LogP contribution in [0.5, 0.6) is 0 Å². The average molecular weight is 371 g/mol. The van der Waals surface area contributed by atoms with Crippen molar-refractivity contribution < 1.29 is 13.2 Å². The Morgan fingerprint density at radius 3 is 2.67 bits per heavy atom. The predicted octanol–water partition coefficient (Wildman–Crippen LogP) is 0.962. The van der Waals surface area contributed by atoms with Gasteiger partial charge in [-0.2, -0.15) is 5.10 Å². The van der Waals surface area contributed by atoms with Gasteiger partial charge in [0.2, 0.25) is 10.0 Å². The maximum Gasteiger partial charge on any atom is 0.240 e. The summed E-state index contributed by atoms with van der Waals surface area (Å²) >= 11 is 5.17. The van der Waals surface area contributed by atoms with Gasteiger partial charge in [0.25, 0.3) is 0 Å². The minimum atomic E-state index is -3.43. The highest BCUT2D eigenvalue weighted by Crippen LogP contribution is 2.11. The Labute approximate surface area is 147 Å². The van der Waals surface area contributed by atoms with Gasteiger partial charge in [0.1, 0.15) is 0 Å². The lowest BCUT2D eigenvalue weighted by Gasteiger charge is -2.12. The maximum atomic E-state index is 11.7. The van der Waals surface area contributed by atoms with Crippen molar-refractivity contribution in [3.8, 4) is 0 Å². The zero-order valence-electron chi connectivity index (χ0n) is 13.7. The number of hydrogen-bond donors (Lipinski definition) is 3. The second kappa shape index (κ2) is 8.52. The van der Waals surface area contributed by atoms with Crippen LogP contribution in [0.15, 0.2) is 34.3 Å². The lowest BCUT2D eigenvalue weighted by Crippen LogP contribution is -2.37. The Kier molecular flexibility index (Phi) is 6.67. The molecule has 24 heavy (non-hydrogen) atoms. The summed E-state index contributed by atoms with van der Waals surface area (Å²) in [6.07, 6.45) is 2.33. The van der Waals surface area contributed by atoms with Gasteiger partial charge in [-0.1, -0.05) is 12.1 Å². The number of sulfonamides is 1. The van der Waals surface area contributed by atoms with Gasteiger partial charge in [0.15, 0.2) is 5.11 Å². The Bertz CT molecular complexity index is 696. The molecular formula is C15H22N4O3S2. The van der Waals surface area contributed by atoms with E-state index < -0.39 is 10.0 Å². The molecule has 1 saturated heterocycles. The third-order valence-corrected chi connectivity index (χ3v) is 5.36. The van der Waals surface area contributed by atoms with Crippen LogP contribution in [-0.2, 0) is 14.8 Å². The molecule has 1 aromatic rings. The molecular weight excluding hydrogens is 348 g/mol. The van der Waals surface area contributed by atoms with Crippen LogP contribution in [0.1, 0.15) is 25.3 Å². The molecule has 2 rings (SSSR count). The van der Waals surface area contributed by atoms with Gasteiger partial charge < -0.3 is 10.1 Å². The van der Waals surface area contributed by atoms with Crippen LogP contribution < -0.4 is 15.5 Å². The van der Waals surface area contributed by atoms with Crippen molar-refractivity contribution in [2.45, 2.75) is 30.8 Å². The Morgan fingerprint density at radius 2 is 2.08 bits per heavy atom. The van der Waals surface area contributed by atoms with E-state index in [0.29, 0.717) is 17.4 Å². The fourth-order valence-corrected chi connectivity index (χ4v) is 3.10. The Balaban J connectivity index is 1.89. The van der Waals surface area contributed by atoms with Crippen LogP contribution >= 0.6 is 12.2 Å². The van der Waals surface area contributed by atoms with Gasteiger partial charge in [0.05, 0.1) is 16.7 Å². The molecule has 0 aromatic heterocycles. The monoisotopic (exact) mass is 370 g/mol. The van der Waals surface area contributed by atoms with Crippen molar-refractivity contribution in [2.24, 2.45) is 5.10 Å². The zero-order valence-corrected chi connectivity index (χ0v) is 15.3. The second-order valence-corrected chi connectivity index (χ2v) is 7.68. The Morgan fingerprint density at radius 1 is 1.38 bits per heavy atom. The van der Waals surface area contributed by atoms with Gasteiger partial charge in [-0.3, -0.25) is 5.43 Å². The molecule has 0 saturated carbocycles. The maximum absolute atomic E-state index is 11.7. The molecule has 0 unspecified atom stereocenters. The van der Waals surface area contributed by atoms with E-state index in [9.17, 15) is 8.42 Å². The summed E-state index contributed by atoms with van der Waals surface area (Å²) in [4.78, 5) is 0.211. The van der Waals surface area contributed by atoms with Gasteiger partial charge in [-0.05, 0) is 56.7 Å². The van der Waals surface area contributed by atoms with E-state index >= 15 is 0 Å². The van der Waals surface area contributed by atoms with E-state index in [1.807, 2.05) is 6.92 Å². The molecule has 0 aliphatic carbocycles. The summed E-state index contributed by atoms with van der Waals surface area (Å²) in [6.45, 7) is 3.29. The van der Waals surface area contributed by atoms with Crippen molar-refractivity contribution in [3.63, 3.8) is 0 Å². The molecule has 1 fully saturated rings. The summed E-state index contributed by atoms with van der Waals surface area (Å²) in [6, 6.07) is 6.48.